The number of hydrogen-bond acceptors (Lipinski definition) is 4. The predicted molar refractivity (Wildman–Crippen MR) is 70.9 cm³/mol. The van der Waals surface area contributed by atoms with Gasteiger partial charge in [0.05, 0.1) is 7.11 Å². The summed E-state index contributed by atoms with van der Waals surface area (Å²) in [5.74, 6) is 0.374. The van der Waals surface area contributed by atoms with Crippen molar-refractivity contribution in [3.8, 4) is 17.2 Å². The smallest absolute Gasteiger partial charge is 0.339 e. The minimum absolute atomic E-state index is 0.0239. The van der Waals surface area contributed by atoms with Crippen LogP contribution in [0.5, 0.6) is 17.2 Å². The molecular weight excluding hydrogens is 246 g/mol. The average Bonchev–Trinajstić information content (AvgIpc) is 2.41. The van der Waals surface area contributed by atoms with E-state index in [1.165, 1.54) is 12.1 Å². The van der Waals surface area contributed by atoms with Crippen LogP contribution < -0.4 is 15.2 Å². The zero-order chi connectivity index (χ0) is 13.8. The van der Waals surface area contributed by atoms with Crippen molar-refractivity contribution in [3.63, 3.8) is 0 Å². The molecule has 0 aliphatic carbocycles. The van der Waals surface area contributed by atoms with Gasteiger partial charge in [-0.1, -0.05) is 0 Å². The summed E-state index contributed by atoms with van der Waals surface area (Å²) in [6.07, 6.45) is 0. The molecule has 19 heavy (non-hydrogen) atoms. The summed E-state index contributed by atoms with van der Waals surface area (Å²) >= 11 is 0. The molecule has 5 nitrogen and oxygen atoms in total. The van der Waals surface area contributed by atoms with Crippen molar-refractivity contribution in [2.75, 3.05) is 12.8 Å². The second-order valence-corrected chi connectivity index (χ2v) is 3.84. The maximum absolute atomic E-state index is 11.1. The van der Waals surface area contributed by atoms with E-state index >= 15 is 0 Å². The van der Waals surface area contributed by atoms with Crippen molar-refractivity contribution >= 4 is 11.7 Å². The van der Waals surface area contributed by atoms with E-state index in [9.17, 15) is 4.79 Å². The molecule has 0 heterocycles. The van der Waals surface area contributed by atoms with Crippen LogP contribution in [-0.4, -0.2) is 18.2 Å². The maximum Gasteiger partial charge on any atom is 0.339 e. The zero-order valence-electron chi connectivity index (χ0n) is 10.3. The zero-order valence-corrected chi connectivity index (χ0v) is 10.3. The molecule has 0 aliphatic heterocycles. The number of anilines is 1. The Morgan fingerprint density at radius 2 is 1.74 bits per heavy atom. The first-order valence-corrected chi connectivity index (χ1v) is 5.55. The van der Waals surface area contributed by atoms with Crippen molar-refractivity contribution in [1.29, 1.82) is 0 Å². The lowest BCUT2D eigenvalue weighted by Gasteiger charge is -2.09. The number of ether oxygens (including phenoxy) is 2. The molecule has 5 heteroatoms. The normalized spacial score (nSPS) is 9.95. The number of rotatable bonds is 4. The molecular formula is C14H13NO4. The van der Waals surface area contributed by atoms with E-state index in [1.54, 1.807) is 37.4 Å². The summed E-state index contributed by atoms with van der Waals surface area (Å²) in [6.45, 7) is 0. The highest BCUT2D eigenvalue weighted by Gasteiger charge is 2.12. The fourth-order valence-corrected chi connectivity index (χ4v) is 1.57. The van der Waals surface area contributed by atoms with Gasteiger partial charge in [-0.25, -0.2) is 4.79 Å². The van der Waals surface area contributed by atoms with Crippen molar-refractivity contribution in [1.82, 2.24) is 0 Å². The van der Waals surface area contributed by atoms with Crippen LogP contribution in [0.2, 0.25) is 0 Å². The van der Waals surface area contributed by atoms with Crippen molar-refractivity contribution in [2.24, 2.45) is 0 Å². The molecule has 0 saturated carbocycles. The topological polar surface area (TPSA) is 81.8 Å². The lowest BCUT2D eigenvalue weighted by Crippen LogP contribution is -2.01. The van der Waals surface area contributed by atoms with Gasteiger partial charge in [0.1, 0.15) is 22.8 Å². The molecule has 0 radical (unpaired) electrons. The van der Waals surface area contributed by atoms with Crippen molar-refractivity contribution in [3.05, 3.63) is 48.0 Å². The summed E-state index contributed by atoms with van der Waals surface area (Å²) in [4.78, 5) is 11.1. The van der Waals surface area contributed by atoms with Crippen molar-refractivity contribution in [2.45, 2.75) is 0 Å². The van der Waals surface area contributed by atoms with E-state index in [0.29, 0.717) is 17.2 Å². The third-order valence-electron chi connectivity index (χ3n) is 2.52. The molecule has 0 bridgehead atoms. The highest BCUT2D eigenvalue weighted by molar-refractivity contribution is 5.92. The van der Waals surface area contributed by atoms with Gasteiger partial charge in [-0.05, 0) is 42.5 Å². The summed E-state index contributed by atoms with van der Waals surface area (Å²) in [5.41, 5.74) is 5.96. The molecule has 2 aromatic carbocycles. The van der Waals surface area contributed by atoms with Crippen LogP contribution in [0, 0.1) is 0 Å². The van der Waals surface area contributed by atoms with Crippen molar-refractivity contribution < 1.29 is 19.4 Å². The fraction of sp³-hybridized carbons (Fsp3) is 0.0714. The van der Waals surface area contributed by atoms with Gasteiger partial charge in [0, 0.05) is 5.69 Å². The number of nitrogen functional groups attached to an aromatic ring is 1. The van der Waals surface area contributed by atoms with E-state index < -0.39 is 5.97 Å². The number of methoxy groups -OCH3 is 1. The SMILES string of the molecule is COc1ccc(Oc2ccc(N)cc2C(=O)O)cc1. The quantitative estimate of drug-likeness (QED) is 0.825. The Bertz CT molecular complexity index is 593. The van der Waals surface area contributed by atoms with Gasteiger partial charge >= 0.3 is 5.97 Å². The molecule has 0 fully saturated rings. The molecule has 0 unspecified atom stereocenters. The van der Waals surface area contributed by atoms with Gasteiger partial charge in [0.15, 0.2) is 0 Å². The minimum atomic E-state index is -1.09. The van der Waals surface area contributed by atoms with E-state index in [4.69, 9.17) is 20.3 Å². The van der Waals surface area contributed by atoms with Crippen LogP contribution in [0.3, 0.4) is 0 Å². The summed E-state index contributed by atoms with van der Waals surface area (Å²) < 4.78 is 10.6. The Hall–Kier alpha value is -2.69. The predicted octanol–water partition coefficient (Wildman–Crippen LogP) is 2.77. The number of benzene rings is 2. The molecule has 0 amide bonds. The van der Waals surface area contributed by atoms with Crippen LogP contribution in [-0.2, 0) is 0 Å². The molecule has 0 aromatic heterocycles. The average molecular weight is 259 g/mol. The second-order valence-electron chi connectivity index (χ2n) is 3.84. The van der Waals surface area contributed by atoms with E-state index in [0.717, 1.165) is 0 Å². The number of hydrogen-bond donors (Lipinski definition) is 2. The monoisotopic (exact) mass is 259 g/mol. The molecule has 0 aliphatic rings. The summed E-state index contributed by atoms with van der Waals surface area (Å²) in [6, 6.07) is 11.3. The number of carbonyl (C=O) groups is 1. The van der Waals surface area contributed by atoms with Gasteiger partial charge in [0.2, 0.25) is 0 Å². The molecule has 0 spiro atoms. The lowest BCUT2D eigenvalue weighted by molar-refractivity contribution is 0.0694. The lowest BCUT2D eigenvalue weighted by atomic mass is 10.2. The van der Waals surface area contributed by atoms with Crippen LogP contribution in [0.25, 0.3) is 0 Å². The van der Waals surface area contributed by atoms with Gasteiger partial charge in [-0.2, -0.15) is 0 Å². The highest BCUT2D eigenvalue weighted by atomic mass is 16.5. The van der Waals surface area contributed by atoms with E-state index in [1.807, 2.05) is 0 Å². The van der Waals surface area contributed by atoms with Crippen LogP contribution >= 0.6 is 0 Å². The Labute approximate surface area is 110 Å². The first-order valence-electron chi connectivity index (χ1n) is 5.55. The van der Waals surface area contributed by atoms with Crippen LogP contribution in [0.4, 0.5) is 5.69 Å². The maximum atomic E-state index is 11.1. The molecule has 2 aromatic rings. The molecule has 3 N–H and O–H groups in total. The van der Waals surface area contributed by atoms with Gasteiger partial charge < -0.3 is 20.3 Å². The second kappa shape index (κ2) is 5.30. The van der Waals surface area contributed by atoms with Crippen LogP contribution in [0.1, 0.15) is 10.4 Å². The molecule has 0 saturated heterocycles. The standard InChI is InChI=1S/C14H13NO4/c1-18-10-3-5-11(6-4-10)19-13-7-2-9(15)8-12(13)14(16)17/h2-8H,15H2,1H3,(H,16,17). The van der Waals surface area contributed by atoms with Crippen LogP contribution in [0.15, 0.2) is 42.5 Å². The number of carboxylic acid groups (broad SMARTS) is 1. The van der Waals surface area contributed by atoms with Gasteiger partial charge in [-0.15, -0.1) is 0 Å². The molecule has 0 atom stereocenters. The van der Waals surface area contributed by atoms with Gasteiger partial charge in [-0.3, -0.25) is 0 Å². The first-order chi connectivity index (χ1) is 9.10. The number of nitrogens with two attached hydrogens (primary N) is 1. The largest absolute Gasteiger partial charge is 0.497 e. The summed E-state index contributed by atoms with van der Waals surface area (Å²) in [5, 5.41) is 9.09. The Balaban J connectivity index is 2.29. The Kier molecular flexibility index (Phi) is 3.56. The number of carboxylic acids is 1. The Morgan fingerprint density at radius 3 is 2.32 bits per heavy atom. The van der Waals surface area contributed by atoms with Gasteiger partial charge in [0.25, 0.3) is 0 Å². The van der Waals surface area contributed by atoms with E-state index in [-0.39, 0.29) is 11.3 Å². The third-order valence-corrected chi connectivity index (χ3v) is 2.52. The van der Waals surface area contributed by atoms with E-state index in [2.05, 4.69) is 0 Å². The first kappa shape index (κ1) is 12.8. The molecule has 98 valence electrons. The highest BCUT2D eigenvalue weighted by Crippen LogP contribution is 2.28. The third kappa shape index (κ3) is 2.95. The number of aromatic carboxylic acids is 1. The summed E-state index contributed by atoms with van der Waals surface area (Å²) in [7, 11) is 1.57. The minimum Gasteiger partial charge on any atom is -0.497 e. The fourth-order valence-electron chi connectivity index (χ4n) is 1.57. The Morgan fingerprint density at radius 1 is 1.11 bits per heavy atom. The molecule has 2 rings (SSSR count).